The molecule has 451 valence electrons. The molecule has 18 nitrogen and oxygen atoms in total. The number of hydrogen-bond acceptors (Lipinski definition) is 14. The average Bonchev–Trinajstić information content (AvgIpc) is 1.72. The van der Waals surface area contributed by atoms with Crippen LogP contribution in [0.25, 0.3) is 66.4 Å². The molecule has 11 aromatic rings. The van der Waals surface area contributed by atoms with Gasteiger partial charge in [-0.15, -0.1) is 0 Å². The van der Waals surface area contributed by atoms with Gasteiger partial charge in [-0.25, -0.2) is 56.6 Å². The van der Waals surface area contributed by atoms with E-state index in [0.29, 0.717) is 35.5 Å². The van der Waals surface area contributed by atoms with Crippen molar-refractivity contribution in [2.75, 3.05) is 0 Å². The highest BCUT2D eigenvalue weighted by atomic mass is 79.9. The van der Waals surface area contributed by atoms with Crippen molar-refractivity contribution >= 4 is 115 Å². The third-order valence-corrected chi connectivity index (χ3v) is 12.9. The van der Waals surface area contributed by atoms with Gasteiger partial charge in [0.15, 0.2) is 17.2 Å². The van der Waals surface area contributed by atoms with Gasteiger partial charge in [0.05, 0.1) is 0 Å². The summed E-state index contributed by atoms with van der Waals surface area (Å²) in [5.74, 6) is -1.11. The molecule has 0 aliphatic rings. The molecule has 0 spiro atoms. The van der Waals surface area contributed by atoms with Crippen LogP contribution >= 0.6 is 31.9 Å². The van der Waals surface area contributed by atoms with Gasteiger partial charge in [0, 0.05) is 79.9 Å². The quantitative estimate of drug-likeness (QED) is 0.0928. The summed E-state index contributed by atoms with van der Waals surface area (Å²) >= 11 is 6.83. The minimum Gasteiger partial charge on any atom is -0.524 e. The molecule has 1 radical (unpaired) electrons. The van der Waals surface area contributed by atoms with Gasteiger partial charge >= 0.3 is 33.1 Å². The number of benzene rings is 3. The normalized spacial score (nSPS) is 11.1. The third kappa shape index (κ3) is 18.2. The number of aromatic nitrogens is 8. The summed E-state index contributed by atoms with van der Waals surface area (Å²) in [6.45, 7) is 16.1. The van der Waals surface area contributed by atoms with Gasteiger partial charge in [-0.1, -0.05) is 43.8 Å². The molecule has 8 aromatic heterocycles. The second kappa shape index (κ2) is 29.2. The Morgan fingerprint density at radius 1 is 0.540 bits per heavy atom. The first kappa shape index (κ1) is 67.5. The lowest BCUT2D eigenvalue weighted by atomic mass is 9.80. The fourth-order valence-corrected chi connectivity index (χ4v) is 8.94. The zero-order valence-electron chi connectivity index (χ0n) is 48.0. The van der Waals surface area contributed by atoms with E-state index in [9.17, 15) is 27.6 Å². The molecule has 0 bridgehead atoms. The van der Waals surface area contributed by atoms with Gasteiger partial charge < -0.3 is 38.9 Å². The number of rotatable bonds is 5. The molecule has 0 aliphatic carbocycles. The fourth-order valence-electron chi connectivity index (χ4n) is 8.07. The molecule has 4 N–H and O–H groups in total. The van der Waals surface area contributed by atoms with E-state index < -0.39 is 48.0 Å². The van der Waals surface area contributed by atoms with E-state index in [4.69, 9.17) is 33.9 Å². The van der Waals surface area contributed by atoms with Crippen LogP contribution in [0.5, 0.6) is 5.88 Å². The van der Waals surface area contributed by atoms with Crippen molar-refractivity contribution in [3.63, 3.8) is 0 Å². The van der Waals surface area contributed by atoms with Crippen molar-refractivity contribution in [3.05, 3.63) is 191 Å². The van der Waals surface area contributed by atoms with Gasteiger partial charge in [0.2, 0.25) is 0 Å². The Kier molecular flexibility index (Phi) is 22.6. The maximum atomic E-state index is 13.6. The first-order chi connectivity index (χ1) is 40.6. The van der Waals surface area contributed by atoms with Crippen LogP contribution in [-0.2, 0) is 14.2 Å². The van der Waals surface area contributed by atoms with Gasteiger partial charge in [0.25, 0.3) is 0 Å². The minimum absolute atomic E-state index is 0. The van der Waals surface area contributed by atoms with Gasteiger partial charge in [-0.2, -0.15) is 4.57 Å². The van der Waals surface area contributed by atoms with E-state index in [0.717, 1.165) is 52.5 Å². The van der Waals surface area contributed by atoms with Crippen molar-refractivity contribution in [2.24, 2.45) is 0 Å². The molecule has 0 atom stereocenters. The summed E-state index contributed by atoms with van der Waals surface area (Å²) in [4.78, 5) is 56.6. The number of nitrogens with one attached hydrogen (secondary N) is 1. The van der Waals surface area contributed by atoms with E-state index in [1.54, 1.807) is 94.2 Å². The fraction of sp³-hybridized carbons (Fsp3) is 0.210. The van der Waals surface area contributed by atoms with Crippen molar-refractivity contribution in [1.29, 1.82) is 0 Å². The van der Waals surface area contributed by atoms with Gasteiger partial charge in [0.1, 0.15) is 45.5 Å². The second-order valence-corrected chi connectivity index (χ2v) is 23.3. The van der Waals surface area contributed by atoms with Crippen LogP contribution in [0.3, 0.4) is 0 Å². The number of aromatic amines is 1. The Morgan fingerprint density at radius 2 is 0.989 bits per heavy atom. The number of pyridine rings is 4. The zero-order valence-corrected chi connectivity index (χ0v) is 51.1. The highest BCUT2D eigenvalue weighted by Crippen LogP contribution is 2.34. The van der Waals surface area contributed by atoms with Crippen LogP contribution in [0.15, 0.2) is 174 Å². The van der Waals surface area contributed by atoms with Crippen molar-refractivity contribution < 1.29 is 61.5 Å². The van der Waals surface area contributed by atoms with Crippen molar-refractivity contribution in [1.82, 2.24) is 38.6 Å². The Bertz CT molecular complexity index is 4180. The Balaban J connectivity index is 0.000000181. The maximum Gasteiger partial charge on any atom is 0.570 e. The average molecular weight is 1320 g/mol. The van der Waals surface area contributed by atoms with Crippen LogP contribution in [0.4, 0.5) is 27.6 Å². The SMILES string of the molecule is Brc1ccnc2[nH]ccc12.C.CC(C)(C)OC(=O)n1c(O[B]O)cc2c(-c3cccc(F)c3)ccnc21.CC(C)(C)OC(=O)n1ccc2c(-c3cccc(F)c3)ccnc21.CC(C)(C)OC(=O)n1ccc2c(Br)ccnc21.OB(O)c1cccc(F)c1. The maximum absolute atomic E-state index is 13.6. The Labute approximate surface area is 517 Å². The number of carbonyl (C=O) groups excluding carboxylic acids is 3. The molecular formula is C62H62B2Br2F3N8O10. The van der Waals surface area contributed by atoms with Crippen LogP contribution in [0, 0.1) is 17.5 Å². The molecule has 25 heteroatoms. The standard InChI is InChI=1S/C18H17BFN2O4.C18H17FN2O2.C12H13BrN2O2.C7H5BrN2.C6H6BFO2.CH4/c1-18(2,3)25-17(23)22-15(26-19-24)10-14-13(7-8-21-16(14)22)11-5-4-6-12(20)9-11;1-18(2,3)23-17(22)21-10-8-15-14(7-9-20-16(15)21)12-5-4-6-13(19)11-12;1-12(2,3)17-11(16)15-7-5-8-9(13)4-6-14-10(8)15;8-6-2-4-10-7-5(6)1-3-9-7;8-6-3-1-2-5(4-6)7(9)10;/h4-10,24H,1-3H3;4-11H,1-3H3;4-7H,1-3H3;1-4H,(H,9,10);1-4,9-10H;1H4. The summed E-state index contributed by atoms with van der Waals surface area (Å²) in [6, 6.07) is 32.0. The van der Waals surface area contributed by atoms with Crippen LogP contribution in [0.1, 0.15) is 69.7 Å². The number of halogens is 5. The highest BCUT2D eigenvalue weighted by molar-refractivity contribution is 9.11. The second-order valence-electron chi connectivity index (χ2n) is 21.6. The van der Waals surface area contributed by atoms with E-state index in [2.05, 4.69) is 56.8 Å². The largest absolute Gasteiger partial charge is 0.570 e. The molecular weight excluding hydrogens is 1260 g/mol. The molecule has 3 aromatic carbocycles. The number of H-pyrrole nitrogens is 1. The molecule has 0 unspecified atom stereocenters. The summed E-state index contributed by atoms with van der Waals surface area (Å²) in [6.07, 6.45) is 10.1. The van der Waals surface area contributed by atoms with Crippen LogP contribution in [-0.4, -0.2) is 104 Å². The molecule has 8 heterocycles. The summed E-state index contributed by atoms with van der Waals surface area (Å²) < 4.78 is 66.4. The molecule has 87 heavy (non-hydrogen) atoms. The number of carbonyl (C=O) groups is 3. The lowest BCUT2D eigenvalue weighted by Crippen LogP contribution is -2.29. The van der Waals surface area contributed by atoms with E-state index in [1.807, 2.05) is 78.1 Å². The van der Waals surface area contributed by atoms with Crippen LogP contribution in [0.2, 0.25) is 0 Å². The predicted molar refractivity (Wildman–Crippen MR) is 338 cm³/mol. The highest BCUT2D eigenvalue weighted by Gasteiger charge is 2.26. The van der Waals surface area contributed by atoms with E-state index in [1.165, 1.54) is 57.8 Å². The molecule has 11 rings (SSSR count). The number of nitrogens with zero attached hydrogens (tertiary/aromatic N) is 7. The Morgan fingerprint density at radius 3 is 1.47 bits per heavy atom. The lowest BCUT2D eigenvalue weighted by molar-refractivity contribution is 0.0526. The van der Waals surface area contributed by atoms with E-state index >= 15 is 0 Å². The number of ether oxygens (including phenoxy) is 3. The van der Waals surface area contributed by atoms with E-state index in [-0.39, 0.29) is 36.1 Å². The first-order valence-electron chi connectivity index (χ1n) is 26.2. The number of fused-ring (bicyclic) bond motifs is 4. The van der Waals surface area contributed by atoms with Gasteiger partial charge in [-0.3, -0.25) is 0 Å². The van der Waals surface area contributed by atoms with Crippen molar-refractivity contribution in [3.8, 4) is 28.1 Å². The van der Waals surface area contributed by atoms with Crippen molar-refractivity contribution in [2.45, 2.75) is 86.5 Å². The molecule has 0 saturated heterocycles. The molecule has 0 aliphatic heterocycles. The first-order valence-corrected chi connectivity index (χ1v) is 27.8. The van der Waals surface area contributed by atoms with Gasteiger partial charge in [-0.05, 0) is 201 Å². The smallest absolute Gasteiger partial charge is 0.524 e. The topological polar surface area (TPSA) is 231 Å². The molecule has 0 saturated carbocycles. The molecule has 0 amide bonds. The summed E-state index contributed by atoms with van der Waals surface area (Å²) in [5, 5.41) is 29.4. The lowest BCUT2D eigenvalue weighted by Gasteiger charge is -2.20. The summed E-state index contributed by atoms with van der Waals surface area (Å²) in [7, 11) is -1.12. The monoisotopic (exact) mass is 1320 g/mol. The number of hydrogen-bond donors (Lipinski definition) is 4. The Hall–Kier alpha value is -8.61. The van der Waals surface area contributed by atoms with Crippen LogP contribution < -0.4 is 10.1 Å². The zero-order chi connectivity index (χ0) is 62.7. The summed E-state index contributed by atoms with van der Waals surface area (Å²) in [5.41, 5.74) is 3.46. The minimum atomic E-state index is -1.59. The third-order valence-electron chi connectivity index (χ3n) is 11.5. The predicted octanol–water partition coefficient (Wildman–Crippen LogP) is 14.2. The molecule has 0 fully saturated rings.